The summed E-state index contributed by atoms with van der Waals surface area (Å²) in [4.78, 5) is 30.1. The van der Waals surface area contributed by atoms with Gasteiger partial charge < -0.3 is 15.0 Å². The normalized spacial score (nSPS) is 12.2. The monoisotopic (exact) mass is 641 g/mol. The van der Waals surface area contributed by atoms with Gasteiger partial charge in [-0.2, -0.15) is 0 Å². The van der Waals surface area contributed by atoms with Crippen LogP contribution in [0.2, 0.25) is 0 Å². The van der Waals surface area contributed by atoms with Gasteiger partial charge in [0.1, 0.15) is 18.3 Å². The summed E-state index contributed by atoms with van der Waals surface area (Å²) in [6.45, 7) is 9.53. The van der Waals surface area contributed by atoms with Crippen molar-refractivity contribution in [2.45, 2.75) is 64.1 Å². The van der Waals surface area contributed by atoms with E-state index in [1.165, 1.54) is 17.0 Å². The highest BCUT2D eigenvalue weighted by molar-refractivity contribution is 7.92. The Morgan fingerprint density at radius 3 is 2.02 bits per heavy atom. The van der Waals surface area contributed by atoms with Crippen LogP contribution in [0.25, 0.3) is 0 Å². The molecule has 4 aromatic carbocycles. The smallest absolute Gasteiger partial charge is 0.264 e. The molecule has 4 aromatic rings. The summed E-state index contributed by atoms with van der Waals surface area (Å²) in [5.41, 5.74) is 2.45. The Hall–Kier alpha value is -4.63. The zero-order valence-electron chi connectivity index (χ0n) is 27.1. The Morgan fingerprint density at radius 1 is 0.826 bits per heavy atom. The molecule has 0 saturated carbocycles. The number of nitrogens with zero attached hydrogens (tertiary/aromatic N) is 2. The Morgan fingerprint density at radius 2 is 1.43 bits per heavy atom. The number of hydrogen-bond acceptors (Lipinski definition) is 5. The second kappa shape index (κ2) is 15.1. The van der Waals surface area contributed by atoms with Crippen molar-refractivity contribution < 1.29 is 22.7 Å². The Bertz CT molecular complexity index is 1700. The van der Waals surface area contributed by atoms with Crippen molar-refractivity contribution in [1.82, 2.24) is 10.2 Å². The molecule has 0 radical (unpaired) electrons. The van der Waals surface area contributed by atoms with Crippen molar-refractivity contribution in [3.05, 3.63) is 126 Å². The summed E-state index contributed by atoms with van der Waals surface area (Å²) < 4.78 is 34.9. The highest BCUT2D eigenvalue weighted by Crippen LogP contribution is 2.27. The van der Waals surface area contributed by atoms with Gasteiger partial charge in [0, 0.05) is 18.5 Å². The van der Waals surface area contributed by atoms with E-state index in [1.54, 1.807) is 42.5 Å². The fourth-order valence-corrected chi connectivity index (χ4v) is 6.57. The minimum Gasteiger partial charge on any atom is -0.494 e. The molecule has 0 aliphatic carbocycles. The van der Waals surface area contributed by atoms with Gasteiger partial charge >= 0.3 is 0 Å². The Labute approximate surface area is 273 Å². The molecule has 0 aliphatic rings. The number of nitrogens with one attached hydrogen (secondary N) is 1. The first-order chi connectivity index (χ1) is 21.9. The molecule has 9 heteroatoms. The summed E-state index contributed by atoms with van der Waals surface area (Å²) in [5, 5.41) is 3.05. The first kappa shape index (κ1) is 34.2. The van der Waals surface area contributed by atoms with Crippen LogP contribution in [-0.2, 0) is 32.6 Å². The first-order valence-corrected chi connectivity index (χ1v) is 16.8. The lowest BCUT2D eigenvalue weighted by molar-refractivity contribution is -0.140. The third kappa shape index (κ3) is 9.20. The quantitative estimate of drug-likeness (QED) is 0.189. The molecule has 0 unspecified atom stereocenters. The molecule has 0 saturated heterocycles. The van der Waals surface area contributed by atoms with Gasteiger partial charge in [0.25, 0.3) is 10.0 Å². The summed E-state index contributed by atoms with van der Waals surface area (Å²) in [5.74, 6) is -0.256. The van der Waals surface area contributed by atoms with Gasteiger partial charge in [0.05, 0.1) is 17.2 Å². The molecule has 0 bridgehead atoms. The number of sulfonamides is 1. The van der Waals surface area contributed by atoms with Crippen LogP contribution in [-0.4, -0.2) is 49.9 Å². The summed E-state index contributed by atoms with van der Waals surface area (Å²) in [6, 6.07) is 30.9. The number of ether oxygens (including phenoxy) is 1. The van der Waals surface area contributed by atoms with E-state index >= 15 is 0 Å². The predicted molar refractivity (Wildman–Crippen MR) is 182 cm³/mol. The van der Waals surface area contributed by atoms with Gasteiger partial charge in [-0.05, 0) is 82.1 Å². The molecule has 0 heterocycles. The fraction of sp³-hybridized carbons (Fsp3) is 0.297. The summed E-state index contributed by atoms with van der Waals surface area (Å²) in [7, 11) is -4.18. The standard InChI is InChI=1S/C37H43N3O5S/c1-6-45-32-22-20-31(21-23-32)40(46(43,44)33-18-11-8-12-19-33)27-35(41)39(26-30-17-13-14-28(2)24-30)34(36(42)38-37(3,4)5)25-29-15-9-7-10-16-29/h7-24,34H,6,25-27H2,1-5H3,(H,38,42)/t34-/m0/s1. The topological polar surface area (TPSA) is 96.0 Å². The van der Waals surface area contributed by atoms with E-state index in [0.29, 0.717) is 18.0 Å². The lowest BCUT2D eigenvalue weighted by Crippen LogP contribution is -2.56. The molecular weight excluding hydrogens is 598 g/mol. The fourth-order valence-electron chi connectivity index (χ4n) is 5.14. The largest absolute Gasteiger partial charge is 0.494 e. The van der Waals surface area contributed by atoms with E-state index in [2.05, 4.69) is 5.32 Å². The van der Waals surface area contributed by atoms with Crippen LogP contribution in [0.4, 0.5) is 5.69 Å². The van der Waals surface area contributed by atoms with E-state index < -0.39 is 34.1 Å². The van der Waals surface area contributed by atoms with Crippen LogP contribution < -0.4 is 14.4 Å². The SMILES string of the molecule is CCOc1ccc(N(CC(=O)N(Cc2cccc(C)c2)[C@@H](Cc2ccccc2)C(=O)NC(C)(C)C)S(=O)(=O)c2ccccc2)cc1. The van der Waals surface area contributed by atoms with Crippen LogP contribution >= 0.6 is 0 Å². The lowest BCUT2D eigenvalue weighted by atomic mass is 10.0. The number of carbonyl (C=O) groups excluding carboxylic acids is 2. The van der Waals surface area contributed by atoms with Crippen LogP contribution in [0.3, 0.4) is 0 Å². The molecular formula is C37H43N3O5S. The van der Waals surface area contributed by atoms with Gasteiger partial charge in [0.15, 0.2) is 0 Å². The van der Waals surface area contributed by atoms with Gasteiger partial charge in [-0.1, -0.05) is 78.4 Å². The molecule has 0 aromatic heterocycles. The van der Waals surface area contributed by atoms with Gasteiger partial charge in [0.2, 0.25) is 11.8 Å². The number of amides is 2. The number of rotatable bonds is 13. The Kier molecular flexibility index (Phi) is 11.2. The third-order valence-corrected chi connectivity index (χ3v) is 9.04. The van der Waals surface area contributed by atoms with E-state index in [9.17, 15) is 18.0 Å². The molecule has 242 valence electrons. The van der Waals surface area contributed by atoms with E-state index in [-0.39, 0.29) is 23.8 Å². The molecule has 1 atom stereocenters. The van der Waals surface area contributed by atoms with Gasteiger partial charge in [-0.15, -0.1) is 0 Å². The van der Waals surface area contributed by atoms with Gasteiger partial charge in [-0.3, -0.25) is 13.9 Å². The second-order valence-electron chi connectivity index (χ2n) is 12.2. The lowest BCUT2D eigenvalue weighted by Gasteiger charge is -2.35. The molecule has 4 rings (SSSR count). The number of anilines is 1. The molecule has 8 nitrogen and oxygen atoms in total. The van der Waals surface area contributed by atoms with Crippen LogP contribution in [0, 0.1) is 6.92 Å². The van der Waals surface area contributed by atoms with Crippen molar-refractivity contribution in [1.29, 1.82) is 0 Å². The average molecular weight is 642 g/mol. The zero-order chi connectivity index (χ0) is 33.3. The van der Waals surface area contributed by atoms with E-state index in [4.69, 9.17) is 4.74 Å². The molecule has 0 spiro atoms. The van der Waals surface area contributed by atoms with E-state index in [1.807, 2.05) is 89.2 Å². The van der Waals surface area contributed by atoms with Crippen LogP contribution in [0.5, 0.6) is 5.75 Å². The van der Waals surface area contributed by atoms with Crippen LogP contribution in [0.15, 0.2) is 114 Å². The van der Waals surface area contributed by atoms with Crippen molar-refractivity contribution in [3.63, 3.8) is 0 Å². The van der Waals surface area contributed by atoms with Crippen molar-refractivity contribution in [2.75, 3.05) is 17.5 Å². The van der Waals surface area contributed by atoms with Crippen molar-refractivity contribution >= 4 is 27.5 Å². The second-order valence-corrected chi connectivity index (χ2v) is 14.1. The van der Waals surface area contributed by atoms with Crippen LogP contribution in [0.1, 0.15) is 44.4 Å². The maximum atomic E-state index is 14.6. The van der Waals surface area contributed by atoms with E-state index in [0.717, 1.165) is 21.0 Å². The minimum absolute atomic E-state index is 0.0493. The van der Waals surface area contributed by atoms with Gasteiger partial charge in [-0.25, -0.2) is 8.42 Å². The molecule has 2 amide bonds. The Balaban J connectivity index is 1.81. The number of carbonyl (C=O) groups is 2. The number of aryl methyl sites for hydroxylation is 1. The highest BCUT2D eigenvalue weighted by Gasteiger charge is 2.35. The summed E-state index contributed by atoms with van der Waals surface area (Å²) in [6.07, 6.45) is 0.245. The summed E-state index contributed by atoms with van der Waals surface area (Å²) >= 11 is 0. The third-order valence-electron chi connectivity index (χ3n) is 7.25. The predicted octanol–water partition coefficient (Wildman–Crippen LogP) is 6.14. The zero-order valence-corrected chi connectivity index (χ0v) is 28.0. The molecule has 0 fully saturated rings. The average Bonchev–Trinajstić information content (AvgIpc) is 3.02. The number of hydrogen-bond donors (Lipinski definition) is 1. The number of benzene rings is 4. The molecule has 46 heavy (non-hydrogen) atoms. The first-order valence-electron chi connectivity index (χ1n) is 15.4. The highest BCUT2D eigenvalue weighted by atomic mass is 32.2. The molecule has 1 N–H and O–H groups in total. The van der Waals surface area contributed by atoms with Crippen molar-refractivity contribution in [3.8, 4) is 5.75 Å². The minimum atomic E-state index is -4.18. The maximum absolute atomic E-state index is 14.6. The maximum Gasteiger partial charge on any atom is 0.264 e. The van der Waals surface area contributed by atoms with Crippen molar-refractivity contribution in [2.24, 2.45) is 0 Å². The molecule has 0 aliphatic heterocycles.